The number of carbonyl (C=O) groups is 1. The standard InChI is InChI=1S/C18H19FN2O2S/c1-11-10-24-17(20-11)14-7-2-3-8-21(14)18(22)15-9-12-5-4-6-13(19)16(12)23-15/h4-6,10,14-15H,2-3,7-9H2,1H3. The summed E-state index contributed by atoms with van der Waals surface area (Å²) >= 11 is 1.60. The zero-order valence-electron chi connectivity index (χ0n) is 13.5. The molecule has 126 valence electrons. The first kappa shape index (κ1) is 15.6. The highest BCUT2D eigenvalue weighted by Gasteiger charge is 2.38. The van der Waals surface area contributed by atoms with Gasteiger partial charge in [0.15, 0.2) is 17.7 Å². The Kier molecular flexibility index (Phi) is 4.00. The number of nitrogens with zero attached hydrogens (tertiary/aromatic N) is 2. The van der Waals surface area contributed by atoms with Gasteiger partial charge in [0, 0.05) is 29.6 Å². The second-order valence-corrected chi connectivity index (χ2v) is 7.30. The number of hydrogen-bond donors (Lipinski definition) is 0. The number of fused-ring (bicyclic) bond motifs is 1. The van der Waals surface area contributed by atoms with Gasteiger partial charge in [0.25, 0.3) is 5.91 Å². The monoisotopic (exact) mass is 346 g/mol. The van der Waals surface area contributed by atoms with Gasteiger partial charge in [-0.3, -0.25) is 4.79 Å². The molecular weight excluding hydrogens is 327 g/mol. The van der Waals surface area contributed by atoms with Gasteiger partial charge in [-0.15, -0.1) is 11.3 Å². The van der Waals surface area contributed by atoms with Crippen LogP contribution in [0.2, 0.25) is 0 Å². The number of amides is 1. The lowest BCUT2D eigenvalue weighted by Crippen LogP contribution is -2.45. The summed E-state index contributed by atoms with van der Waals surface area (Å²) in [7, 11) is 0. The number of carbonyl (C=O) groups excluding carboxylic acids is 1. The third-order valence-electron chi connectivity index (χ3n) is 4.70. The van der Waals surface area contributed by atoms with E-state index in [0.29, 0.717) is 13.0 Å². The van der Waals surface area contributed by atoms with Crippen molar-refractivity contribution in [2.24, 2.45) is 0 Å². The minimum Gasteiger partial charge on any atom is -0.477 e. The fourth-order valence-electron chi connectivity index (χ4n) is 3.53. The first-order valence-electron chi connectivity index (χ1n) is 8.30. The van der Waals surface area contributed by atoms with Crippen molar-refractivity contribution >= 4 is 17.2 Å². The van der Waals surface area contributed by atoms with Crippen LogP contribution in [0.4, 0.5) is 4.39 Å². The topological polar surface area (TPSA) is 42.4 Å². The molecule has 1 aromatic carbocycles. The van der Waals surface area contributed by atoms with Gasteiger partial charge >= 0.3 is 0 Å². The van der Waals surface area contributed by atoms with E-state index in [1.807, 2.05) is 23.3 Å². The molecule has 0 saturated carbocycles. The van der Waals surface area contributed by atoms with E-state index < -0.39 is 11.9 Å². The number of piperidine rings is 1. The Balaban J connectivity index is 1.56. The van der Waals surface area contributed by atoms with Crippen LogP contribution in [0.3, 0.4) is 0 Å². The number of likely N-dealkylation sites (tertiary alicyclic amines) is 1. The van der Waals surface area contributed by atoms with Gasteiger partial charge < -0.3 is 9.64 Å². The number of rotatable bonds is 2. The molecule has 3 heterocycles. The molecule has 2 aromatic rings. The number of halogens is 1. The summed E-state index contributed by atoms with van der Waals surface area (Å²) in [5, 5.41) is 3.01. The SMILES string of the molecule is Cc1csc(C2CCCCN2C(=O)C2Cc3cccc(F)c3O2)n1. The van der Waals surface area contributed by atoms with Crippen molar-refractivity contribution in [3.05, 3.63) is 45.7 Å². The summed E-state index contributed by atoms with van der Waals surface area (Å²) < 4.78 is 19.5. The summed E-state index contributed by atoms with van der Waals surface area (Å²) in [6.45, 7) is 2.68. The number of benzene rings is 1. The molecule has 0 bridgehead atoms. The molecule has 4 nitrogen and oxygen atoms in total. The average molecular weight is 346 g/mol. The van der Waals surface area contributed by atoms with Crippen molar-refractivity contribution in [2.75, 3.05) is 6.54 Å². The Morgan fingerprint density at radius 1 is 1.42 bits per heavy atom. The maximum absolute atomic E-state index is 13.9. The summed E-state index contributed by atoms with van der Waals surface area (Å²) in [4.78, 5) is 19.5. The number of para-hydroxylation sites is 1. The molecule has 4 rings (SSSR count). The molecule has 2 aliphatic heterocycles. The second-order valence-electron chi connectivity index (χ2n) is 6.41. The van der Waals surface area contributed by atoms with E-state index in [1.165, 1.54) is 6.07 Å². The minimum atomic E-state index is -0.626. The maximum atomic E-state index is 13.9. The van der Waals surface area contributed by atoms with Crippen LogP contribution in [0.1, 0.15) is 41.6 Å². The van der Waals surface area contributed by atoms with Gasteiger partial charge in [0.1, 0.15) is 5.01 Å². The van der Waals surface area contributed by atoms with Crippen LogP contribution in [0.5, 0.6) is 5.75 Å². The predicted octanol–water partition coefficient (Wildman–Crippen LogP) is 3.65. The summed E-state index contributed by atoms with van der Waals surface area (Å²) in [5.74, 6) is -0.216. The molecule has 1 aromatic heterocycles. The van der Waals surface area contributed by atoms with Crippen LogP contribution < -0.4 is 4.74 Å². The fourth-order valence-corrected chi connectivity index (χ4v) is 4.47. The quantitative estimate of drug-likeness (QED) is 0.834. The first-order chi connectivity index (χ1) is 11.6. The van der Waals surface area contributed by atoms with Gasteiger partial charge in [0.05, 0.1) is 6.04 Å². The minimum absolute atomic E-state index is 0.0158. The molecule has 24 heavy (non-hydrogen) atoms. The Morgan fingerprint density at radius 2 is 2.29 bits per heavy atom. The number of ether oxygens (including phenoxy) is 1. The van der Waals surface area contributed by atoms with Gasteiger partial charge in [0.2, 0.25) is 0 Å². The third-order valence-corrected chi connectivity index (χ3v) is 5.76. The lowest BCUT2D eigenvalue weighted by molar-refractivity contribution is -0.142. The van der Waals surface area contributed by atoms with Crippen molar-refractivity contribution in [3.63, 3.8) is 0 Å². The molecule has 0 spiro atoms. The van der Waals surface area contributed by atoms with Crippen LogP contribution >= 0.6 is 11.3 Å². The molecule has 1 amide bonds. The van der Waals surface area contributed by atoms with E-state index in [0.717, 1.165) is 35.5 Å². The second kappa shape index (κ2) is 6.16. The molecule has 6 heteroatoms. The highest BCUT2D eigenvalue weighted by Crippen LogP contribution is 2.36. The van der Waals surface area contributed by atoms with Gasteiger partial charge in [-0.1, -0.05) is 12.1 Å². The van der Waals surface area contributed by atoms with Crippen LogP contribution in [0, 0.1) is 12.7 Å². The van der Waals surface area contributed by atoms with Crippen molar-refractivity contribution in [1.29, 1.82) is 0 Å². The Bertz CT molecular complexity index is 776. The van der Waals surface area contributed by atoms with Crippen molar-refractivity contribution in [3.8, 4) is 5.75 Å². The predicted molar refractivity (Wildman–Crippen MR) is 89.7 cm³/mol. The molecule has 0 radical (unpaired) electrons. The summed E-state index contributed by atoms with van der Waals surface area (Å²) in [6, 6.07) is 4.87. The van der Waals surface area contributed by atoms with Crippen LogP contribution in [-0.4, -0.2) is 28.4 Å². The molecule has 0 N–H and O–H groups in total. The maximum Gasteiger partial charge on any atom is 0.264 e. The molecule has 2 unspecified atom stereocenters. The van der Waals surface area contributed by atoms with E-state index in [9.17, 15) is 9.18 Å². The zero-order chi connectivity index (χ0) is 16.7. The normalized spacial score (nSPS) is 23.0. The lowest BCUT2D eigenvalue weighted by Gasteiger charge is -2.35. The zero-order valence-corrected chi connectivity index (χ0v) is 14.3. The molecule has 2 aliphatic rings. The number of aromatic nitrogens is 1. The van der Waals surface area contributed by atoms with Gasteiger partial charge in [-0.2, -0.15) is 0 Å². The van der Waals surface area contributed by atoms with E-state index in [4.69, 9.17) is 4.74 Å². The number of aryl methyl sites for hydroxylation is 1. The molecular formula is C18H19FN2O2S. The Morgan fingerprint density at radius 3 is 3.04 bits per heavy atom. The largest absolute Gasteiger partial charge is 0.477 e. The van der Waals surface area contributed by atoms with Crippen LogP contribution in [-0.2, 0) is 11.2 Å². The van der Waals surface area contributed by atoms with Crippen molar-refractivity contribution in [2.45, 2.75) is 44.8 Å². The highest BCUT2D eigenvalue weighted by atomic mass is 32.1. The molecule has 0 aliphatic carbocycles. The van der Waals surface area contributed by atoms with E-state index in [1.54, 1.807) is 17.4 Å². The van der Waals surface area contributed by atoms with Crippen LogP contribution in [0.15, 0.2) is 23.6 Å². The Labute approximate surface area is 144 Å². The Hall–Kier alpha value is -1.95. The van der Waals surface area contributed by atoms with Crippen LogP contribution in [0.25, 0.3) is 0 Å². The first-order valence-corrected chi connectivity index (χ1v) is 9.18. The van der Waals surface area contributed by atoms with Gasteiger partial charge in [-0.25, -0.2) is 9.37 Å². The third kappa shape index (κ3) is 2.69. The summed E-state index contributed by atoms with van der Waals surface area (Å²) in [5.41, 5.74) is 1.76. The summed E-state index contributed by atoms with van der Waals surface area (Å²) in [6.07, 6.45) is 2.81. The fraction of sp³-hybridized carbons (Fsp3) is 0.444. The molecule has 1 saturated heterocycles. The lowest BCUT2D eigenvalue weighted by atomic mass is 10.0. The highest BCUT2D eigenvalue weighted by molar-refractivity contribution is 7.09. The average Bonchev–Trinajstić information content (AvgIpc) is 3.21. The van der Waals surface area contributed by atoms with E-state index in [-0.39, 0.29) is 17.7 Å². The number of thiazole rings is 1. The smallest absolute Gasteiger partial charge is 0.264 e. The van der Waals surface area contributed by atoms with Gasteiger partial charge in [-0.05, 0) is 32.3 Å². The van der Waals surface area contributed by atoms with Crippen molar-refractivity contribution < 1.29 is 13.9 Å². The van der Waals surface area contributed by atoms with E-state index >= 15 is 0 Å². The van der Waals surface area contributed by atoms with E-state index in [2.05, 4.69) is 4.98 Å². The molecule has 1 fully saturated rings. The van der Waals surface area contributed by atoms with Crippen molar-refractivity contribution in [1.82, 2.24) is 9.88 Å². The number of hydrogen-bond acceptors (Lipinski definition) is 4. The molecule has 2 atom stereocenters.